The number of Topliss-reactive ketones (excluding diaryl/α,β-unsaturated/α-hetero) is 1. The van der Waals surface area contributed by atoms with Crippen LogP contribution in [-0.2, 0) is 9.59 Å². The number of dihydropyridines is 1. The van der Waals surface area contributed by atoms with Crippen LogP contribution in [0.1, 0.15) is 37.7 Å². The van der Waals surface area contributed by atoms with Crippen molar-refractivity contribution in [3.63, 3.8) is 0 Å². The first kappa shape index (κ1) is 20.3. The number of carbonyl (C=O) groups excluding carboxylic acids is 2. The molecule has 1 amide bonds. The van der Waals surface area contributed by atoms with Gasteiger partial charge in [-0.15, -0.1) is 0 Å². The van der Waals surface area contributed by atoms with Gasteiger partial charge in [0.25, 0.3) is 5.91 Å². The number of amides is 1. The molecule has 2 aromatic carbocycles. The van der Waals surface area contributed by atoms with Gasteiger partial charge in [0.05, 0.1) is 0 Å². The molecule has 0 saturated carbocycles. The minimum atomic E-state index is -0.873. The van der Waals surface area contributed by atoms with Gasteiger partial charge >= 0.3 is 0 Å². The molecular weight excluding hydrogens is 410 g/mol. The highest BCUT2D eigenvalue weighted by Gasteiger charge is 2.38. The van der Waals surface area contributed by atoms with E-state index in [4.69, 9.17) is 11.6 Å². The highest BCUT2D eigenvalue weighted by Crippen LogP contribution is 2.42. The predicted octanol–water partition coefficient (Wildman–Crippen LogP) is 5.22. The number of rotatable bonds is 3. The summed E-state index contributed by atoms with van der Waals surface area (Å²) in [6.07, 6.45) is 1.81. The van der Waals surface area contributed by atoms with Crippen molar-refractivity contribution in [1.82, 2.24) is 5.32 Å². The van der Waals surface area contributed by atoms with Crippen molar-refractivity contribution < 1.29 is 18.4 Å². The Morgan fingerprint density at radius 1 is 1.10 bits per heavy atom. The largest absolute Gasteiger partial charge is 0.362 e. The molecule has 30 heavy (non-hydrogen) atoms. The lowest BCUT2D eigenvalue weighted by Crippen LogP contribution is -2.35. The molecule has 2 aliphatic rings. The molecule has 1 aliphatic carbocycles. The molecule has 0 bridgehead atoms. The summed E-state index contributed by atoms with van der Waals surface area (Å²) < 4.78 is 28.2. The fraction of sp³-hybridized carbons (Fsp3) is 0.217. The number of nitrogens with one attached hydrogen (secondary N) is 2. The summed E-state index contributed by atoms with van der Waals surface area (Å²) in [5, 5.41) is 6.05. The van der Waals surface area contributed by atoms with Gasteiger partial charge in [-0.1, -0.05) is 29.8 Å². The molecule has 1 unspecified atom stereocenters. The lowest BCUT2D eigenvalue weighted by Gasteiger charge is -2.34. The number of carbonyl (C=O) groups is 2. The van der Waals surface area contributed by atoms with Crippen LogP contribution in [0, 0.1) is 11.6 Å². The van der Waals surface area contributed by atoms with E-state index < -0.39 is 29.1 Å². The average molecular weight is 429 g/mol. The topological polar surface area (TPSA) is 58.2 Å². The van der Waals surface area contributed by atoms with Gasteiger partial charge in [-0.25, -0.2) is 8.78 Å². The summed E-state index contributed by atoms with van der Waals surface area (Å²) in [7, 11) is 0. The summed E-state index contributed by atoms with van der Waals surface area (Å²) in [6.45, 7) is 1.72. The molecular formula is C23H19ClF2N2O2. The number of benzene rings is 2. The third kappa shape index (κ3) is 3.63. The van der Waals surface area contributed by atoms with Crippen molar-refractivity contribution in [2.75, 3.05) is 5.32 Å². The zero-order valence-electron chi connectivity index (χ0n) is 16.2. The van der Waals surface area contributed by atoms with Crippen LogP contribution in [0.3, 0.4) is 0 Å². The van der Waals surface area contributed by atoms with Crippen LogP contribution >= 0.6 is 11.6 Å². The monoisotopic (exact) mass is 428 g/mol. The minimum absolute atomic E-state index is 0.0430. The SMILES string of the molecule is CC1=C(C(=O)Nc2c(F)cccc2F)C(c2ccc(Cl)cc2)C2=C(CCCC2=O)N1. The van der Waals surface area contributed by atoms with Crippen LogP contribution in [0.15, 0.2) is 65.0 Å². The smallest absolute Gasteiger partial charge is 0.254 e. The Morgan fingerprint density at radius 3 is 2.43 bits per heavy atom. The number of hydrogen-bond donors (Lipinski definition) is 2. The van der Waals surface area contributed by atoms with Crippen LogP contribution in [0.2, 0.25) is 5.02 Å². The zero-order valence-corrected chi connectivity index (χ0v) is 16.9. The Hall–Kier alpha value is -2.99. The van der Waals surface area contributed by atoms with E-state index in [2.05, 4.69) is 10.6 Å². The zero-order chi connectivity index (χ0) is 21.4. The Balaban J connectivity index is 1.81. The van der Waals surface area contributed by atoms with Crippen molar-refractivity contribution in [2.24, 2.45) is 0 Å². The first-order valence-electron chi connectivity index (χ1n) is 9.61. The van der Waals surface area contributed by atoms with Crippen LogP contribution in [0.5, 0.6) is 0 Å². The quantitative estimate of drug-likeness (QED) is 0.704. The second-order valence-electron chi connectivity index (χ2n) is 7.37. The van der Waals surface area contributed by atoms with Gasteiger partial charge in [-0.2, -0.15) is 0 Å². The molecule has 4 rings (SSSR count). The van der Waals surface area contributed by atoms with E-state index in [1.807, 2.05) is 0 Å². The standard InChI is InChI=1S/C23H19ClF2N2O2/c1-12-19(23(30)28-22-15(25)4-2-5-16(22)26)20(13-8-10-14(24)11-9-13)21-17(27-12)6-3-7-18(21)29/h2,4-5,8-11,20,27H,3,6-7H2,1H3,(H,28,30). The number of anilines is 1. The van der Waals surface area contributed by atoms with Gasteiger partial charge in [-0.3, -0.25) is 9.59 Å². The van der Waals surface area contributed by atoms with Gasteiger partial charge in [0.1, 0.15) is 17.3 Å². The molecule has 0 spiro atoms. The van der Waals surface area contributed by atoms with E-state index in [0.29, 0.717) is 34.7 Å². The first-order valence-corrected chi connectivity index (χ1v) is 9.99. The average Bonchev–Trinajstić information content (AvgIpc) is 2.70. The number of allylic oxidation sites excluding steroid dienone is 3. The maximum atomic E-state index is 14.1. The number of hydrogen-bond acceptors (Lipinski definition) is 3. The van der Waals surface area contributed by atoms with Gasteiger partial charge in [0.15, 0.2) is 5.78 Å². The Labute approximate surface area is 177 Å². The molecule has 0 saturated heterocycles. The third-order valence-corrected chi connectivity index (χ3v) is 5.68. The molecule has 0 radical (unpaired) electrons. The van der Waals surface area contributed by atoms with Crippen molar-refractivity contribution in [1.29, 1.82) is 0 Å². The summed E-state index contributed by atoms with van der Waals surface area (Å²) in [5.41, 5.74) is 2.28. The third-order valence-electron chi connectivity index (χ3n) is 5.43. The maximum absolute atomic E-state index is 14.1. The fourth-order valence-electron chi connectivity index (χ4n) is 4.07. The molecule has 1 aliphatic heterocycles. The molecule has 154 valence electrons. The van der Waals surface area contributed by atoms with Crippen molar-refractivity contribution >= 4 is 29.0 Å². The lowest BCUT2D eigenvalue weighted by molar-refractivity contribution is -0.116. The normalized spacial score (nSPS) is 18.8. The van der Waals surface area contributed by atoms with Gasteiger partial charge in [0.2, 0.25) is 0 Å². The minimum Gasteiger partial charge on any atom is -0.362 e. The van der Waals surface area contributed by atoms with E-state index in [9.17, 15) is 18.4 Å². The van der Waals surface area contributed by atoms with Crippen molar-refractivity contribution in [3.05, 3.63) is 87.2 Å². The summed E-state index contributed by atoms with van der Waals surface area (Å²) in [5.74, 6) is -3.11. The molecule has 2 N–H and O–H groups in total. The molecule has 7 heteroatoms. The van der Waals surface area contributed by atoms with Gasteiger partial charge < -0.3 is 10.6 Å². The van der Waals surface area contributed by atoms with Crippen molar-refractivity contribution in [3.8, 4) is 0 Å². The molecule has 0 aromatic heterocycles. The van der Waals surface area contributed by atoms with Gasteiger partial charge in [-0.05, 0) is 49.6 Å². The molecule has 4 nitrogen and oxygen atoms in total. The van der Waals surface area contributed by atoms with E-state index in [1.54, 1.807) is 31.2 Å². The van der Waals surface area contributed by atoms with Crippen LogP contribution < -0.4 is 10.6 Å². The Kier molecular flexibility index (Phi) is 5.43. The molecule has 0 fully saturated rings. The van der Waals surface area contributed by atoms with E-state index >= 15 is 0 Å². The fourth-order valence-corrected chi connectivity index (χ4v) is 4.20. The first-order chi connectivity index (χ1) is 14.4. The second kappa shape index (κ2) is 8.03. The Morgan fingerprint density at radius 2 is 1.77 bits per heavy atom. The number of para-hydroxylation sites is 1. The second-order valence-corrected chi connectivity index (χ2v) is 7.80. The number of halogens is 3. The van der Waals surface area contributed by atoms with Crippen molar-refractivity contribution in [2.45, 2.75) is 32.1 Å². The maximum Gasteiger partial charge on any atom is 0.254 e. The van der Waals surface area contributed by atoms with Gasteiger partial charge in [0, 0.05) is 39.9 Å². The summed E-state index contributed by atoms with van der Waals surface area (Å²) >= 11 is 6.02. The molecule has 1 atom stereocenters. The van der Waals surface area contributed by atoms with E-state index in [-0.39, 0.29) is 11.4 Å². The Bertz CT molecular complexity index is 1090. The summed E-state index contributed by atoms with van der Waals surface area (Å²) in [6, 6.07) is 10.3. The summed E-state index contributed by atoms with van der Waals surface area (Å²) in [4.78, 5) is 26.0. The van der Waals surface area contributed by atoms with E-state index in [0.717, 1.165) is 24.3 Å². The predicted molar refractivity (Wildman–Crippen MR) is 111 cm³/mol. The number of ketones is 1. The lowest BCUT2D eigenvalue weighted by atomic mass is 9.75. The highest BCUT2D eigenvalue weighted by atomic mass is 35.5. The molecule has 2 aromatic rings. The highest BCUT2D eigenvalue weighted by molar-refractivity contribution is 6.30. The molecule has 1 heterocycles. The van der Waals surface area contributed by atoms with Crippen LogP contribution in [0.25, 0.3) is 0 Å². The van der Waals surface area contributed by atoms with Crippen LogP contribution in [0.4, 0.5) is 14.5 Å². The van der Waals surface area contributed by atoms with E-state index in [1.165, 1.54) is 6.07 Å². The van der Waals surface area contributed by atoms with Crippen LogP contribution in [-0.4, -0.2) is 11.7 Å².